The molecule has 0 bridgehead atoms. The summed E-state index contributed by atoms with van der Waals surface area (Å²) in [7, 11) is 0. The molecular weight excluding hydrogens is 467 g/mol. The average molecular weight is 487 g/mol. The summed E-state index contributed by atoms with van der Waals surface area (Å²) in [6, 6.07) is 10.9. The van der Waals surface area contributed by atoms with Crippen LogP contribution in [0.1, 0.15) is 18.4 Å². The van der Waals surface area contributed by atoms with Crippen molar-refractivity contribution in [3.8, 4) is 0 Å². The predicted octanol–water partition coefficient (Wildman–Crippen LogP) is 3.72. The second kappa shape index (κ2) is 8.89. The first-order chi connectivity index (χ1) is 14.9. The zero-order valence-electron chi connectivity index (χ0n) is 16.5. The molecule has 0 aromatic heterocycles. The van der Waals surface area contributed by atoms with E-state index in [1.165, 1.54) is 12.1 Å². The van der Waals surface area contributed by atoms with Crippen molar-refractivity contribution in [3.63, 3.8) is 0 Å². The summed E-state index contributed by atoms with van der Waals surface area (Å²) < 4.78 is 15.4. The molecule has 2 aromatic rings. The van der Waals surface area contributed by atoms with Crippen molar-refractivity contribution in [3.05, 3.63) is 64.0 Å². The number of anilines is 2. The molecule has 7 nitrogen and oxygen atoms in total. The molecule has 0 radical (unpaired) electrons. The van der Waals surface area contributed by atoms with Crippen LogP contribution in [0.3, 0.4) is 0 Å². The van der Waals surface area contributed by atoms with Gasteiger partial charge < -0.3 is 15.5 Å². The van der Waals surface area contributed by atoms with E-state index >= 15 is 0 Å². The van der Waals surface area contributed by atoms with E-state index < -0.39 is 24.4 Å². The minimum Gasteiger partial charge on any atom is -0.369 e. The number of carbonyl (C=O) groups excluding carboxylic acids is 3. The highest BCUT2D eigenvalue weighted by Gasteiger charge is 2.35. The average Bonchev–Trinajstić information content (AvgIpc) is 3.35. The lowest BCUT2D eigenvalue weighted by Gasteiger charge is -2.18. The topological polar surface area (TPSA) is 81.8 Å². The maximum Gasteiger partial charge on any atom is 0.329 e. The molecule has 2 aromatic carbocycles. The fourth-order valence-corrected chi connectivity index (χ4v) is 3.85. The summed E-state index contributed by atoms with van der Waals surface area (Å²) >= 11 is 3.31. The SMILES string of the molecule is O=C(CN1C(=O)N/C(=C\c2ccc(N3CCCC3)c(F)c2)C1=O)Nc1ccc(Br)cc1. The van der Waals surface area contributed by atoms with Gasteiger partial charge in [-0.2, -0.15) is 0 Å². The number of rotatable bonds is 5. The number of nitrogens with one attached hydrogen (secondary N) is 2. The van der Waals surface area contributed by atoms with Crippen molar-refractivity contribution in [2.45, 2.75) is 12.8 Å². The number of benzene rings is 2. The van der Waals surface area contributed by atoms with Crippen molar-refractivity contribution in [1.82, 2.24) is 10.2 Å². The number of hydrogen-bond donors (Lipinski definition) is 2. The first-order valence-corrected chi connectivity index (χ1v) is 10.6. The lowest BCUT2D eigenvalue weighted by atomic mass is 10.1. The highest BCUT2D eigenvalue weighted by Crippen LogP contribution is 2.25. The second-order valence-corrected chi connectivity index (χ2v) is 8.26. The van der Waals surface area contributed by atoms with E-state index in [2.05, 4.69) is 26.6 Å². The molecule has 9 heteroatoms. The third kappa shape index (κ3) is 4.77. The van der Waals surface area contributed by atoms with Crippen molar-refractivity contribution < 1.29 is 18.8 Å². The summed E-state index contributed by atoms with van der Waals surface area (Å²) in [6.07, 6.45) is 3.48. The van der Waals surface area contributed by atoms with Gasteiger partial charge in [-0.25, -0.2) is 14.1 Å². The van der Waals surface area contributed by atoms with E-state index in [0.29, 0.717) is 16.9 Å². The van der Waals surface area contributed by atoms with Gasteiger partial charge in [-0.05, 0) is 60.9 Å². The van der Waals surface area contributed by atoms with Crippen molar-refractivity contribution in [2.75, 3.05) is 29.9 Å². The van der Waals surface area contributed by atoms with Crippen LogP contribution in [-0.4, -0.2) is 42.4 Å². The molecule has 0 aliphatic carbocycles. The number of urea groups is 1. The molecule has 31 heavy (non-hydrogen) atoms. The first kappa shape index (κ1) is 21.0. The third-order valence-corrected chi connectivity index (χ3v) is 5.65. The Balaban J connectivity index is 1.43. The number of carbonyl (C=O) groups is 3. The van der Waals surface area contributed by atoms with Crippen LogP contribution in [-0.2, 0) is 9.59 Å². The van der Waals surface area contributed by atoms with E-state index in [4.69, 9.17) is 0 Å². The summed E-state index contributed by atoms with van der Waals surface area (Å²) in [4.78, 5) is 39.8. The summed E-state index contributed by atoms with van der Waals surface area (Å²) in [5.41, 5.74) is 1.53. The molecule has 2 fully saturated rings. The predicted molar refractivity (Wildman–Crippen MR) is 119 cm³/mol. The lowest BCUT2D eigenvalue weighted by Crippen LogP contribution is -2.38. The molecule has 4 amide bonds. The molecule has 160 valence electrons. The van der Waals surface area contributed by atoms with Crippen LogP contribution in [0.4, 0.5) is 20.6 Å². The third-order valence-electron chi connectivity index (χ3n) is 5.12. The Morgan fingerprint density at radius 1 is 1.13 bits per heavy atom. The molecule has 0 unspecified atom stereocenters. The summed E-state index contributed by atoms with van der Waals surface area (Å²) in [6.45, 7) is 1.21. The van der Waals surface area contributed by atoms with Gasteiger partial charge in [-0.3, -0.25) is 9.59 Å². The van der Waals surface area contributed by atoms with Gasteiger partial charge >= 0.3 is 6.03 Å². The first-order valence-electron chi connectivity index (χ1n) is 9.85. The van der Waals surface area contributed by atoms with E-state index in [-0.39, 0.29) is 11.5 Å². The van der Waals surface area contributed by atoms with Gasteiger partial charge in [0, 0.05) is 23.2 Å². The van der Waals surface area contributed by atoms with Crippen molar-refractivity contribution >= 4 is 51.2 Å². The Morgan fingerprint density at radius 2 is 1.84 bits per heavy atom. The number of halogens is 2. The van der Waals surface area contributed by atoms with E-state index in [1.807, 2.05) is 4.90 Å². The highest BCUT2D eigenvalue weighted by molar-refractivity contribution is 9.10. The van der Waals surface area contributed by atoms with Crippen LogP contribution >= 0.6 is 15.9 Å². The van der Waals surface area contributed by atoms with Crippen LogP contribution in [0, 0.1) is 5.82 Å². The molecule has 0 spiro atoms. The Hall–Kier alpha value is -3.20. The molecule has 2 aliphatic heterocycles. The zero-order chi connectivity index (χ0) is 22.0. The van der Waals surface area contributed by atoms with E-state index in [1.54, 1.807) is 36.4 Å². The van der Waals surface area contributed by atoms with Crippen LogP contribution in [0.25, 0.3) is 6.08 Å². The number of nitrogens with zero attached hydrogens (tertiary/aromatic N) is 2. The Bertz CT molecular complexity index is 1060. The standard InChI is InChI=1S/C22H20BrFN4O3/c23-15-4-6-16(7-5-15)25-20(29)13-28-21(30)18(26-22(28)31)12-14-3-8-19(17(24)11-14)27-9-1-2-10-27/h3-8,11-12H,1-2,9-10,13H2,(H,25,29)(H,26,31)/b18-12-. The Morgan fingerprint density at radius 3 is 2.52 bits per heavy atom. The molecule has 2 saturated heterocycles. The van der Waals surface area contributed by atoms with E-state index in [0.717, 1.165) is 35.3 Å². The fourth-order valence-electron chi connectivity index (χ4n) is 3.59. The minimum absolute atomic E-state index is 0.00485. The Kier molecular flexibility index (Phi) is 6.03. The summed E-state index contributed by atoms with van der Waals surface area (Å²) in [5.74, 6) is -1.52. The normalized spacial score (nSPS) is 17.4. The second-order valence-electron chi connectivity index (χ2n) is 7.34. The monoisotopic (exact) mass is 486 g/mol. The largest absolute Gasteiger partial charge is 0.369 e. The van der Waals surface area contributed by atoms with Gasteiger partial charge in [0.25, 0.3) is 5.91 Å². The van der Waals surface area contributed by atoms with Crippen LogP contribution < -0.4 is 15.5 Å². The molecule has 0 atom stereocenters. The molecule has 0 saturated carbocycles. The molecule has 2 N–H and O–H groups in total. The van der Waals surface area contributed by atoms with Crippen molar-refractivity contribution in [1.29, 1.82) is 0 Å². The fraction of sp³-hybridized carbons (Fsp3) is 0.227. The number of hydrogen-bond acceptors (Lipinski definition) is 4. The zero-order valence-corrected chi connectivity index (χ0v) is 18.1. The molecule has 2 aliphatic rings. The Labute approximate surface area is 187 Å². The highest BCUT2D eigenvalue weighted by atomic mass is 79.9. The van der Waals surface area contributed by atoms with Crippen LogP contribution in [0.5, 0.6) is 0 Å². The van der Waals surface area contributed by atoms with Crippen molar-refractivity contribution in [2.24, 2.45) is 0 Å². The maximum atomic E-state index is 14.5. The molecule has 2 heterocycles. The molecule has 4 rings (SSSR count). The number of imide groups is 1. The summed E-state index contributed by atoms with van der Waals surface area (Å²) in [5, 5.41) is 5.08. The van der Waals surface area contributed by atoms with Gasteiger partial charge in [0.1, 0.15) is 18.1 Å². The lowest BCUT2D eigenvalue weighted by molar-refractivity contribution is -0.127. The van der Waals surface area contributed by atoms with Gasteiger partial charge in [-0.1, -0.05) is 22.0 Å². The van der Waals surface area contributed by atoms with Gasteiger partial charge in [-0.15, -0.1) is 0 Å². The van der Waals surface area contributed by atoms with E-state index in [9.17, 15) is 18.8 Å². The number of amides is 4. The van der Waals surface area contributed by atoms with Gasteiger partial charge in [0.2, 0.25) is 5.91 Å². The maximum absolute atomic E-state index is 14.5. The van der Waals surface area contributed by atoms with Crippen LogP contribution in [0.15, 0.2) is 52.6 Å². The van der Waals surface area contributed by atoms with Gasteiger partial charge in [0.05, 0.1) is 5.69 Å². The smallest absolute Gasteiger partial charge is 0.329 e. The quantitative estimate of drug-likeness (QED) is 0.498. The minimum atomic E-state index is -0.698. The van der Waals surface area contributed by atoms with Gasteiger partial charge in [0.15, 0.2) is 0 Å². The molecular formula is C22H20BrFN4O3. The van der Waals surface area contributed by atoms with Crippen LogP contribution in [0.2, 0.25) is 0 Å².